The zero-order valence-corrected chi connectivity index (χ0v) is 15.3. The molecule has 1 fully saturated rings. The van der Waals surface area contributed by atoms with Crippen LogP contribution in [-0.4, -0.2) is 25.2 Å². The van der Waals surface area contributed by atoms with Gasteiger partial charge in [0.1, 0.15) is 23.2 Å². The number of halogens is 2. The van der Waals surface area contributed by atoms with E-state index in [-0.39, 0.29) is 11.7 Å². The summed E-state index contributed by atoms with van der Waals surface area (Å²) in [7, 11) is 0. The van der Waals surface area contributed by atoms with Crippen LogP contribution in [0.3, 0.4) is 0 Å². The first-order valence-electron chi connectivity index (χ1n) is 8.13. The fourth-order valence-corrected chi connectivity index (χ4v) is 3.04. The summed E-state index contributed by atoms with van der Waals surface area (Å²) in [6, 6.07) is 10.3. The molecule has 1 unspecified atom stereocenters. The van der Waals surface area contributed by atoms with Crippen LogP contribution in [0, 0.1) is 11.3 Å². The van der Waals surface area contributed by atoms with Crippen LogP contribution < -0.4 is 5.32 Å². The smallest absolute Gasteiger partial charge is 0.262 e. The fraction of sp³-hybridized carbons (Fsp3) is 0.263. The molecule has 1 aliphatic heterocycles. The third-order valence-corrected chi connectivity index (χ3v) is 4.55. The Hall–Kier alpha value is -2.26. The van der Waals surface area contributed by atoms with Gasteiger partial charge in [-0.2, -0.15) is 5.26 Å². The number of amides is 1. The van der Waals surface area contributed by atoms with E-state index in [0.717, 1.165) is 12.8 Å². The van der Waals surface area contributed by atoms with Gasteiger partial charge in [-0.05, 0) is 43.2 Å². The zero-order valence-electron chi connectivity index (χ0n) is 13.8. The molecule has 1 saturated heterocycles. The van der Waals surface area contributed by atoms with Crippen molar-refractivity contribution >= 4 is 35.2 Å². The fourth-order valence-electron chi connectivity index (χ4n) is 2.66. The first kappa shape index (κ1) is 18.5. The maximum Gasteiger partial charge on any atom is 0.262 e. The second-order valence-electron chi connectivity index (χ2n) is 5.84. The van der Waals surface area contributed by atoms with E-state index in [4.69, 9.17) is 32.4 Å². The summed E-state index contributed by atoms with van der Waals surface area (Å²) in [5.41, 5.74) is 0.598. The van der Waals surface area contributed by atoms with E-state index in [2.05, 4.69) is 5.32 Å². The number of nitrogens with one attached hydrogen (secondary N) is 1. The van der Waals surface area contributed by atoms with E-state index < -0.39 is 5.91 Å². The van der Waals surface area contributed by atoms with Crippen molar-refractivity contribution in [2.45, 2.75) is 18.9 Å². The average Bonchev–Trinajstić information content (AvgIpc) is 3.31. The highest BCUT2D eigenvalue weighted by Gasteiger charge is 2.18. The molecule has 0 radical (unpaired) electrons. The van der Waals surface area contributed by atoms with E-state index in [1.165, 1.54) is 6.08 Å². The molecule has 3 rings (SSSR count). The molecule has 1 atom stereocenters. The van der Waals surface area contributed by atoms with Crippen LogP contribution in [0.4, 0.5) is 0 Å². The molecule has 0 bridgehead atoms. The van der Waals surface area contributed by atoms with Crippen LogP contribution >= 0.6 is 23.2 Å². The number of furan rings is 1. The molecule has 0 saturated carbocycles. The lowest BCUT2D eigenvalue weighted by molar-refractivity contribution is -0.117. The van der Waals surface area contributed by atoms with E-state index in [1.54, 1.807) is 30.3 Å². The summed E-state index contributed by atoms with van der Waals surface area (Å²) in [4.78, 5) is 12.2. The highest BCUT2D eigenvalue weighted by molar-refractivity contribution is 6.35. The van der Waals surface area contributed by atoms with Crippen molar-refractivity contribution < 1.29 is 13.9 Å². The third kappa shape index (κ3) is 4.47. The molecule has 7 heteroatoms. The molecule has 0 spiro atoms. The van der Waals surface area contributed by atoms with Gasteiger partial charge in [-0.25, -0.2) is 0 Å². The number of benzene rings is 1. The van der Waals surface area contributed by atoms with Gasteiger partial charge in [0.2, 0.25) is 0 Å². The third-order valence-electron chi connectivity index (χ3n) is 3.99. The Morgan fingerprint density at radius 2 is 2.19 bits per heavy atom. The Morgan fingerprint density at radius 1 is 1.35 bits per heavy atom. The Morgan fingerprint density at radius 3 is 2.92 bits per heavy atom. The molecule has 2 heterocycles. The Kier molecular flexibility index (Phi) is 6.00. The van der Waals surface area contributed by atoms with Gasteiger partial charge >= 0.3 is 0 Å². The summed E-state index contributed by atoms with van der Waals surface area (Å²) in [5.74, 6) is 0.419. The highest BCUT2D eigenvalue weighted by atomic mass is 35.5. The minimum absolute atomic E-state index is 0.0130. The van der Waals surface area contributed by atoms with Gasteiger partial charge in [0, 0.05) is 29.8 Å². The number of nitriles is 1. The number of hydrogen-bond acceptors (Lipinski definition) is 4. The van der Waals surface area contributed by atoms with Crippen LogP contribution in [-0.2, 0) is 9.53 Å². The Balaban J connectivity index is 1.73. The number of rotatable bonds is 5. The molecule has 26 heavy (non-hydrogen) atoms. The lowest BCUT2D eigenvalue weighted by atomic mass is 10.2. The van der Waals surface area contributed by atoms with Crippen molar-refractivity contribution in [3.8, 4) is 17.4 Å². The molecule has 0 aliphatic carbocycles. The standard InChI is InChI=1S/C19H16Cl2N2O3/c20-13-3-5-17(21)16(9-13)18-6-4-14(26-18)8-12(10-22)19(24)23-11-15-2-1-7-25-15/h3-6,8-9,15H,1-2,7,11H2,(H,23,24)/b12-8+. The van der Waals surface area contributed by atoms with Gasteiger partial charge in [0.15, 0.2) is 0 Å². The number of hydrogen-bond donors (Lipinski definition) is 1. The van der Waals surface area contributed by atoms with Crippen molar-refractivity contribution in [2.75, 3.05) is 13.2 Å². The summed E-state index contributed by atoms with van der Waals surface area (Å²) in [6.45, 7) is 1.10. The van der Waals surface area contributed by atoms with Crippen molar-refractivity contribution in [3.05, 3.63) is 51.7 Å². The van der Waals surface area contributed by atoms with E-state index in [1.807, 2.05) is 6.07 Å². The Labute approximate surface area is 161 Å². The topological polar surface area (TPSA) is 75.3 Å². The van der Waals surface area contributed by atoms with Crippen LogP contribution in [0.1, 0.15) is 18.6 Å². The normalized spacial score (nSPS) is 17.1. The molecule has 2 aromatic rings. The zero-order chi connectivity index (χ0) is 18.5. The van der Waals surface area contributed by atoms with Gasteiger partial charge in [-0.15, -0.1) is 0 Å². The minimum atomic E-state index is -0.457. The van der Waals surface area contributed by atoms with Crippen LogP contribution in [0.2, 0.25) is 10.0 Å². The number of carbonyl (C=O) groups is 1. The first-order chi connectivity index (χ1) is 12.6. The predicted octanol–water partition coefficient (Wildman–Crippen LogP) is 4.46. The van der Waals surface area contributed by atoms with Crippen LogP contribution in [0.5, 0.6) is 0 Å². The van der Waals surface area contributed by atoms with Crippen molar-refractivity contribution in [2.24, 2.45) is 0 Å². The number of carbonyl (C=O) groups excluding carboxylic acids is 1. The highest BCUT2D eigenvalue weighted by Crippen LogP contribution is 2.32. The lowest BCUT2D eigenvalue weighted by Crippen LogP contribution is -2.32. The molecular formula is C19H16Cl2N2O3. The maximum absolute atomic E-state index is 12.2. The summed E-state index contributed by atoms with van der Waals surface area (Å²) in [6.07, 6.45) is 3.31. The average molecular weight is 391 g/mol. The van der Waals surface area contributed by atoms with Gasteiger partial charge < -0.3 is 14.5 Å². The van der Waals surface area contributed by atoms with Gasteiger partial charge in [-0.1, -0.05) is 23.2 Å². The SMILES string of the molecule is N#C/C(=C\c1ccc(-c2cc(Cl)ccc2Cl)o1)C(=O)NCC1CCCO1. The molecule has 1 amide bonds. The van der Waals surface area contributed by atoms with Crippen molar-refractivity contribution in [1.82, 2.24) is 5.32 Å². The van der Waals surface area contributed by atoms with E-state index >= 15 is 0 Å². The predicted molar refractivity (Wildman–Crippen MR) is 99.7 cm³/mol. The van der Waals surface area contributed by atoms with Crippen molar-refractivity contribution in [1.29, 1.82) is 5.26 Å². The van der Waals surface area contributed by atoms with Crippen LogP contribution in [0.25, 0.3) is 17.4 Å². The van der Waals surface area contributed by atoms with E-state index in [9.17, 15) is 10.1 Å². The molecule has 1 aromatic heterocycles. The molecule has 1 aromatic carbocycles. The first-order valence-corrected chi connectivity index (χ1v) is 8.89. The molecule has 134 valence electrons. The largest absolute Gasteiger partial charge is 0.457 e. The quantitative estimate of drug-likeness (QED) is 0.603. The number of ether oxygens (including phenoxy) is 1. The monoisotopic (exact) mass is 390 g/mol. The number of nitrogens with zero attached hydrogens (tertiary/aromatic N) is 1. The van der Waals surface area contributed by atoms with Gasteiger partial charge in [-0.3, -0.25) is 4.79 Å². The second-order valence-corrected chi connectivity index (χ2v) is 6.68. The Bertz CT molecular complexity index is 877. The summed E-state index contributed by atoms with van der Waals surface area (Å²) in [5, 5.41) is 13.0. The summed E-state index contributed by atoms with van der Waals surface area (Å²) < 4.78 is 11.1. The molecule has 5 nitrogen and oxygen atoms in total. The second kappa shape index (κ2) is 8.41. The maximum atomic E-state index is 12.2. The molecule has 1 aliphatic rings. The van der Waals surface area contributed by atoms with Crippen molar-refractivity contribution in [3.63, 3.8) is 0 Å². The van der Waals surface area contributed by atoms with Gasteiger partial charge in [0.05, 0.1) is 11.1 Å². The lowest BCUT2D eigenvalue weighted by Gasteiger charge is -2.09. The minimum Gasteiger partial charge on any atom is -0.457 e. The van der Waals surface area contributed by atoms with Crippen LogP contribution in [0.15, 0.2) is 40.3 Å². The van der Waals surface area contributed by atoms with Gasteiger partial charge in [0.25, 0.3) is 5.91 Å². The summed E-state index contributed by atoms with van der Waals surface area (Å²) >= 11 is 12.2. The molecular weight excluding hydrogens is 375 g/mol. The molecule has 1 N–H and O–H groups in total. The van der Waals surface area contributed by atoms with E-state index in [0.29, 0.717) is 40.3 Å².